The molecular formula is C28H34N2O4. The first-order chi connectivity index (χ1) is 16.5. The predicted molar refractivity (Wildman–Crippen MR) is 133 cm³/mol. The molecule has 34 heavy (non-hydrogen) atoms. The number of nitrogens with zero attached hydrogens (tertiary/aromatic N) is 2. The first-order valence-corrected chi connectivity index (χ1v) is 11.7. The van der Waals surface area contributed by atoms with E-state index in [0.29, 0.717) is 38.2 Å². The Morgan fingerprint density at radius 1 is 0.882 bits per heavy atom. The van der Waals surface area contributed by atoms with Gasteiger partial charge in [0.2, 0.25) is 5.91 Å². The van der Waals surface area contributed by atoms with Crippen molar-refractivity contribution in [3.63, 3.8) is 0 Å². The molecule has 0 fully saturated rings. The minimum Gasteiger partial charge on any atom is -0.464 e. The van der Waals surface area contributed by atoms with Crippen LogP contribution in [0.25, 0.3) is 0 Å². The molecule has 0 atom stereocenters. The second-order valence-corrected chi connectivity index (χ2v) is 8.50. The van der Waals surface area contributed by atoms with E-state index in [1.807, 2.05) is 68.4 Å². The van der Waals surface area contributed by atoms with Gasteiger partial charge in [-0.3, -0.25) is 9.59 Å². The van der Waals surface area contributed by atoms with Crippen LogP contribution in [0.3, 0.4) is 0 Å². The standard InChI is InChI=1S/C28H34N2O4/c1-22-10-13-25(14-11-22)28(32)30(17-7-19-33-3)21-27(31)29(20-26-15-12-23(2)34-26)18-16-24-8-5-4-6-9-24/h4-6,8-15H,7,16-21H2,1-3H3. The van der Waals surface area contributed by atoms with E-state index in [9.17, 15) is 9.59 Å². The smallest absolute Gasteiger partial charge is 0.254 e. The number of methoxy groups -OCH3 is 1. The molecule has 0 unspecified atom stereocenters. The van der Waals surface area contributed by atoms with Crippen LogP contribution < -0.4 is 0 Å². The Labute approximate surface area is 202 Å². The van der Waals surface area contributed by atoms with E-state index >= 15 is 0 Å². The van der Waals surface area contributed by atoms with Crippen LogP contribution >= 0.6 is 0 Å². The lowest BCUT2D eigenvalue weighted by Crippen LogP contribution is -2.44. The fourth-order valence-corrected chi connectivity index (χ4v) is 3.75. The van der Waals surface area contributed by atoms with E-state index in [1.165, 1.54) is 0 Å². The molecule has 2 aromatic carbocycles. The molecule has 180 valence electrons. The van der Waals surface area contributed by atoms with Crippen LogP contribution in [0.15, 0.2) is 71.1 Å². The van der Waals surface area contributed by atoms with E-state index in [-0.39, 0.29) is 18.4 Å². The van der Waals surface area contributed by atoms with Gasteiger partial charge in [0.25, 0.3) is 5.91 Å². The van der Waals surface area contributed by atoms with Gasteiger partial charge >= 0.3 is 0 Å². The van der Waals surface area contributed by atoms with Gasteiger partial charge in [0.15, 0.2) is 0 Å². The van der Waals surface area contributed by atoms with E-state index in [1.54, 1.807) is 16.9 Å². The molecule has 3 aromatic rings. The maximum absolute atomic E-state index is 13.5. The monoisotopic (exact) mass is 462 g/mol. The highest BCUT2D eigenvalue weighted by Gasteiger charge is 2.23. The van der Waals surface area contributed by atoms with Crippen molar-refractivity contribution < 1.29 is 18.7 Å². The number of furan rings is 1. The highest BCUT2D eigenvalue weighted by molar-refractivity contribution is 5.96. The Morgan fingerprint density at radius 2 is 1.62 bits per heavy atom. The Hall–Kier alpha value is -3.38. The number of ether oxygens (including phenoxy) is 1. The molecule has 0 bridgehead atoms. The van der Waals surface area contributed by atoms with E-state index in [0.717, 1.165) is 29.1 Å². The second-order valence-electron chi connectivity index (χ2n) is 8.50. The van der Waals surface area contributed by atoms with Crippen molar-refractivity contribution in [2.24, 2.45) is 0 Å². The van der Waals surface area contributed by atoms with Gasteiger partial charge < -0.3 is 19.0 Å². The van der Waals surface area contributed by atoms with Gasteiger partial charge in [-0.2, -0.15) is 0 Å². The number of carbonyl (C=O) groups excluding carboxylic acids is 2. The van der Waals surface area contributed by atoms with Crippen LogP contribution in [0.4, 0.5) is 0 Å². The number of benzene rings is 2. The third kappa shape index (κ3) is 7.59. The molecule has 0 radical (unpaired) electrons. The summed E-state index contributed by atoms with van der Waals surface area (Å²) in [5.41, 5.74) is 2.82. The first kappa shape index (κ1) is 25.2. The summed E-state index contributed by atoms with van der Waals surface area (Å²) in [5.74, 6) is 1.28. The number of hydrogen-bond acceptors (Lipinski definition) is 4. The average Bonchev–Trinajstić information content (AvgIpc) is 3.26. The Morgan fingerprint density at radius 3 is 2.26 bits per heavy atom. The number of carbonyl (C=O) groups is 2. The molecule has 0 saturated heterocycles. The van der Waals surface area contributed by atoms with E-state index in [4.69, 9.17) is 9.15 Å². The zero-order valence-corrected chi connectivity index (χ0v) is 20.3. The highest BCUT2D eigenvalue weighted by Crippen LogP contribution is 2.13. The van der Waals surface area contributed by atoms with Crippen molar-refractivity contribution in [3.8, 4) is 0 Å². The summed E-state index contributed by atoms with van der Waals surface area (Å²) in [7, 11) is 1.63. The van der Waals surface area contributed by atoms with Crippen molar-refractivity contribution in [2.45, 2.75) is 33.2 Å². The van der Waals surface area contributed by atoms with Gasteiger partial charge in [0, 0.05) is 32.4 Å². The molecule has 0 saturated carbocycles. The second kappa shape index (κ2) is 12.8. The number of aryl methyl sites for hydroxylation is 2. The summed E-state index contributed by atoms with van der Waals surface area (Å²) < 4.78 is 10.9. The minimum atomic E-state index is -0.152. The largest absolute Gasteiger partial charge is 0.464 e. The zero-order valence-electron chi connectivity index (χ0n) is 20.3. The van der Waals surface area contributed by atoms with Crippen LogP contribution in [-0.2, 0) is 22.5 Å². The molecule has 1 aromatic heterocycles. The number of rotatable bonds is 12. The molecule has 0 spiro atoms. The molecular weight excluding hydrogens is 428 g/mol. The minimum absolute atomic E-state index is 0.00487. The van der Waals surface area contributed by atoms with Crippen LogP contribution in [0, 0.1) is 13.8 Å². The van der Waals surface area contributed by atoms with Crippen molar-refractivity contribution in [3.05, 3.63) is 94.9 Å². The molecule has 1 heterocycles. The van der Waals surface area contributed by atoms with Crippen molar-refractivity contribution in [2.75, 3.05) is 33.4 Å². The lowest BCUT2D eigenvalue weighted by Gasteiger charge is -2.27. The lowest BCUT2D eigenvalue weighted by molar-refractivity contribution is -0.132. The molecule has 0 aliphatic carbocycles. The topological polar surface area (TPSA) is 63.0 Å². The van der Waals surface area contributed by atoms with Crippen LogP contribution in [0.1, 0.15) is 39.4 Å². The van der Waals surface area contributed by atoms with Crippen LogP contribution in [0.5, 0.6) is 0 Å². The highest BCUT2D eigenvalue weighted by atomic mass is 16.5. The van der Waals surface area contributed by atoms with E-state index < -0.39 is 0 Å². The molecule has 2 amide bonds. The summed E-state index contributed by atoms with van der Waals surface area (Å²) in [6, 6.07) is 21.3. The van der Waals surface area contributed by atoms with E-state index in [2.05, 4.69) is 12.1 Å². The maximum atomic E-state index is 13.5. The predicted octanol–water partition coefficient (Wildman–Crippen LogP) is 4.65. The van der Waals surface area contributed by atoms with Gasteiger partial charge in [-0.1, -0.05) is 48.0 Å². The molecule has 0 N–H and O–H groups in total. The SMILES string of the molecule is COCCCN(CC(=O)N(CCc1ccccc1)Cc1ccc(C)o1)C(=O)c1ccc(C)cc1. The molecule has 6 heteroatoms. The van der Waals surface area contributed by atoms with Crippen molar-refractivity contribution >= 4 is 11.8 Å². The van der Waals surface area contributed by atoms with Gasteiger partial charge in [-0.25, -0.2) is 0 Å². The number of hydrogen-bond donors (Lipinski definition) is 0. The van der Waals surface area contributed by atoms with Crippen LogP contribution in [0.2, 0.25) is 0 Å². The van der Waals surface area contributed by atoms with Gasteiger partial charge in [0.1, 0.15) is 18.1 Å². The molecule has 0 aliphatic rings. The normalized spacial score (nSPS) is 10.8. The maximum Gasteiger partial charge on any atom is 0.254 e. The van der Waals surface area contributed by atoms with Crippen LogP contribution in [-0.4, -0.2) is 55.0 Å². The molecule has 0 aliphatic heterocycles. The summed E-state index contributed by atoms with van der Waals surface area (Å²) in [6.45, 7) is 5.74. The number of amides is 2. The van der Waals surface area contributed by atoms with Gasteiger partial charge in [0.05, 0.1) is 6.54 Å². The third-order valence-corrected chi connectivity index (χ3v) is 5.70. The molecule has 6 nitrogen and oxygen atoms in total. The van der Waals surface area contributed by atoms with Crippen molar-refractivity contribution in [1.29, 1.82) is 0 Å². The first-order valence-electron chi connectivity index (χ1n) is 11.7. The van der Waals surface area contributed by atoms with Crippen molar-refractivity contribution in [1.82, 2.24) is 9.80 Å². The average molecular weight is 463 g/mol. The lowest BCUT2D eigenvalue weighted by atomic mass is 10.1. The quantitative estimate of drug-likeness (QED) is 0.368. The Kier molecular flexibility index (Phi) is 9.47. The summed E-state index contributed by atoms with van der Waals surface area (Å²) >= 11 is 0. The fourth-order valence-electron chi connectivity index (χ4n) is 3.75. The Bertz CT molecular complexity index is 1040. The third-order valence-electron chi connectivity index (χ3n) is 5.70. The van der Waals surface area contributed by atoms with Gasteiger partial charge in [-0.05, 0) is 56.5 Å². The summed E-state index contributed by atoms with van der Waals surface area (Å²) in [6.07, 6.45) is 1.38. The molecule has 3 rings (SSSR count). The summed E-state index contributed by atoms with van der Waals surface area (Å²) in [4.78, 5) is 30.1. The summed E-state index contributed by atoms with van der Waals surface area (Å²) in [5, 5.41) is 0. The fraction of sp³-hybridized carbons (Fsp3) is 0.357. The Balaban J connectivity index is 1.75. The van der Waals surface area contributed by atoms with Gasteiger partial charge in [-0.15, -0.1) is 0 Å². The zero-order chi connectivity index (χ0) is 24.3.